The van der Waals surface area contributed by atoms with Crippen molar-refractivity contribution in [3.05, 3.63) is 45.5 Å². The van der Waals surface area contributed by atoms with Gasteiger partial charge in [0.05, 0.1) is 13.2 Å². The van der Waals surface area contributed by atoms with Crippen molar-refractivity contribution in [2.45, 2.75) is 46.3 Å². The molecule has 0 saturated carbocycles. The van der Waals surface area contributed by atoms with Crippen LogP contribution in [-0.4, -0.2) is 30.6 Å². The molecular weight excluding hydrogens is 324 g/mol. The highest BCUT2D eigenvalue weighted by Gasteiger charge is 2.33. The van der Waals surface area contributed by atoms with Crippen molar-refractivity contribution >= 4 is 0 Å². The van der Waals surface area contributed by atoms with E-state index in [0.717, 1.165) is 0 Å². The Morgan fingerprint density at radius 3 is 1.28 bits per heavy atom. The highest BCUT2D eigenvalue weighted by atomic mass is 16.3. The van der Waals surface area contributed by atoms with E-state index in [4.69, 9.17) is 0 Å². The summed E-state index contributed by atoms with van der Waals surface area (Å²) in [6.07, 6.45) is 0. The van der Waals surface area contributed by atoms with Crippen LogP contribution in [0.25, 0.3) is 0 Å². The monoisotopic (exact) mass is 348 g/mol. The van der Waals surface area contributed by atoms with Crippen molar-refractivity contribution in [3.63, 3.8) is 0 Å². The highest BCUT2D eigenvalue weighted by Crippen LogP contribution is 2.47. The maximum atomic E-state index is 10.5. The molecule has 0 radical (unpaired) electrons. The minimum Gasteiger partial charge on any atom is -0.507 e. The summed E-state index contributed by atoms with van der Waals surface area (Å²) in [4.78, 5) is 0. The second-order valence-corrected chi connectivity index (χ2v) is 6.75. The number of aliphatic hydroxyl groups is 2. The van der Waals surface area contributed by atoms with Gasteiger partial charge >= 0.3 is 0 Å². The third kappa shape index (κ3) is 2.88. The summed E-state index contributed by atoms with van der Waals surface area (Å²) < 4.78 is 0. The van der Waals surface area contributed by atoms with Crippen molar-refractivity contribution in [3.8, 4) is 23.0 Å². The molecule has 0 heterocycles. The lowest BCUT2D eigenvalue weighted by Crippen LogP contribution is -2.21. The zero-order chi connectivity index (χ0) is 19.1. The van der Waals surface area contributed by atoms with Crippen molar-refractivity contribution in [1.82, 2.24) is 0 Å². The molecule has 2 aromatic carbocycles. The van der Waals surface area contributed by atoms with Gasteiger partial charge < -0.3 is 30.6 Å². The third-order valence-corrected chi connectivity index (χ3v) is 4.86. The van der Waals surface area contributed by atoms with Crippen LogP contribution in [0, 0.1) is 13.8 Å². The minimum absolute atomic E-state index is 0.143. The van der Waals surface area contributed by atoms with Crippen LogP contribution in [0.2, 0.25) is 0 Å². The lowest BCUT2D eigenvalue weighted by Gasteiger charge is -2.30. The molecule has 0 spiro atoms. The average Bonchev–Trinajstić information content (AvgIpc) is 2.57. The predicted octanol–water partition coefficient (Wildman–Crippen LogP) is 2.44. The van der Waals surface area contributed by atoms with Crippen LogP contribution < -0.4 is 0 Å². The van der Waals surface area contributed by atoms with Crippen molar-refractivity contribution in [2.24, 2.45) is 0 Å². The van der Waals surface area contributed by atoms with Gasteiger partial charge in [0.1, 0.15) is 23.0 Å². The van der Waals surface area contributed by atoms with Crippen LogP contribution in [0.5, 0.6) is 23.0 Å². The SMILES string of the molecule is Cc1c(O)c(CO)cc(C(C)(C)c2cc(CO)c(O)c(C)c2O)c1O. The Morgan fingerprint density at radius 1 is 0.680 bits per heavy atom. The van der Waals surface area contributed by atoms with E-state index in [1.54, 1.807) is 13.8 Å². The number of aromatic hydroxyl groups is 4. The quantitative estimate of drug-likeness (QED) is 0.505. The molecule has 6 heteroatoms. The maximum Gasteiger partial charge on any atom is 0.127 e. The number of phenols is 4. The van der Waals surface area contributed by atoms with E-state index in [0.29, 0.717) is 11.1 Å². The summed E-state index contributed by atoms with van der Waals surface area (Å²) in [5.74, 6) is -0.644. The smallest absolute Gasteiger partial charge is 0.127 e. The summed E-state index contributed by atoms with van der Waals surface area (Å²) in [5, 5.41) is 60.0. The molecule has 0 aliphatic heterocycles. The average molecular weight is 348 g/mol. The normalized spacial score (nSPS) is 11.8. The van der Waals surface area contributed by atoms with Crippen LogP contribution >= 0.6 is 0 Å². The van der Waals surface area contributed by atoms with E-state index in [2.05, 4.69) is 0 Å². The molecule has 0 unspecified atom stereocenters. The van der Waals surface area contributed by atoms with Crippen molar-refractivity contribution < 1.29 is 30.6 Å². The first-order chi connectivity index (χ1) is 11.6. The van der Waals surface area contributed by atoms with Gasteiger partial charge in [-0.1, -0.05) is 13.8 Å². The minimum atomic E-state index is -0.932. The van der Waals surface area contributed by atoms with E-state index in [-0.39, 0.29) is 45.3 Å². The molecule has 6 nitrogen and oxygen atoms in total. The number of hydrogen-bond acceptors (Lipinski definition) is 6. The first-order valence-corrected chi connectivity index (χ1v) is 7.89. The van der Waals surface area contributed by atoms with E-state index in [9.17, 15) is 30.6 Å². The topological polar surface area (TPSA) is 121 Å². The van der Waals surface area contributed by atoms with Gasteiger partial charge in [0.15, 0.2) is 0 Å². The fraction of sp³-hybridized carbons (Fsp3) is 0.368. The largest absolute Gasteiger partial charge is 0.507 e. The summed E-state index contributed by atoms with van der Waals surface area (Å²) in [6, 6.07) is 2.97. The van der Waals surface area contributed by atoms with Crippen LogP contribution in [0.15, 0.2) is 12.1 Å². The standard InChI is InChI=1S/C19H24O6/c1-9-15(22)11(7-20)5-13(17(9)24)19(3,4)14-6-12(8-21)16(23)10(2)18(14)25/h5-6,20-25H,7-8H2,1-4H3. The molecular formula is C19H24O6. The lowest BCUT2D eigenvalue weighted by atomic mass is 9.74. The number of rotatable bonds is 4. The summed E-state index contributed by atoms with van der Waals surface area (Å²) >= 11 is 0. The fourth-order valence-electron chi connectivity index (χ4n) is 3.07. The highest BCUT2D eigenvalue weighted by molar-refractivity contribution is 5.61. The number of phenolic OH excluding ortho intramolecular Hbond substituents is 2. The van der Waals surface area contributed by atoms with E-state index >= 15 is 0 Å². The first kappa shape index (κ1) is 18.9. The van der Waals surface area contributed by atoms with E-state index in [1.807, 2.05) is 0 Å². The van der Waals surface area contributed by atoms with Gasteiger partial charge in [-0.25, -0.2) is 0 Å². The van der Waals surface area contributed by atoms with Gasteiger partial charge in [0.25, 0.3) is 0 Å². The molecule has 0 aliphatic carbocycles. The molecule has 25 heavy (non-hydrogen) atoms. The van der Waals surface area contributed by atoms with Crippen LogP contribution in [0.1, 0.15) is 47.2 Å². The second-order valence-electron chi connectivity index (χ2n) is 6.75. The Labute approximate surface area is 146 Å². The Morgan fingerprint density at radius 2 is 1.00 bits per heavy atom. The van der Waals surface area contributed by atoms with Crippen LogP contribution in [0.4, 0.5) is 0 Å². The Bertz CT molecular complexity index is 756. The number of hydrogen-bond donors (Lipinski definition) is 6. The number of benzene rings is 2. The van der Waals surface area contributed by atoms with Crippen LogP contribution in [0.3, 0.4) is 0 Å². The first-order valence-electron chi connectivity index (χ1n) is 7.89. The van der Waals surface area contributed by atoms with Crippen LogP contribution in [-0.2, 0) is 18.6 Å². The molecule has 0 aromatic heterocycles. The second kappa shape index (κ2) is 6.46. The Balaban J connectivity index is 2.80. The molecule has 0 amide bonds. The van der Waals surface area contributed by atoms with E-state index < -0.39 is 18.6 Å². The third-order valence-electron chi connectivity index (χ3n) is 4.86. The lowest BCUT2D eigenvalue weighted by molar-refractivity contribution is 0.274. The fourth-order valence-corrected chi connectivity index (χ4v) is 3.07. The molecule has 0 atom stereocenters. The summed E-state index contributed by atoms with van der Waals surface area (Å²) in [7, 11) is 0. The van der Waals surface area contributed by atoms with Crippen molar-refractivity contribution in [2.75, 3.05) is 0 Å². The van der Waals surface area contributed by atoms with Gasteiger partial charge in [-0.3, -0.25) is 0 Å². The van der Waals surface area contributed by atoms with E-state index in [1.165, 1.54) is 26.0 Å². The van der Waals surface area contributed by atoms with Gasteiger partial charge in [0, 0.05) is 38.8 Å². The van der Waals surface area contributed by atoms with Gasteiger partial charge in [-0.05, 0) is 26.0 Å². The summed E-state index contributed by atoms with van der Waals surface area (Å²) in [6.45, 7) is 5.77. The molecule has 136 valence electrons. The Hall–Kier alpha value is -2.44. The van der Waals surface area contributed by atoms with Crippen molar-refractivity contribution in [1.29, 1.82) is 0 Å². The molecule has 0 aliphatic rings. The zero-order valence-corrected chi connectivity index (χ0v) is 14.8. The molecule has 0 bridgehead atoms. The maximum absolute atomic E-state index is 10.5. The van der Waals surface area contributed by atoms with Gasteiger partial charge in [-0.15, -0.1) is 0 Å². The zero-order valence-electron chi connectivity index (χ0n) is 14.8. The predicted molar refractivity (Wildman–Crippen MR) is 93.0 cm³/mol. The molecule has 2 aromatic rings. The molecule has 0 saturated heterocycles. The Kier molecular flexibility index (Phi) is 4.88. The summed E-state index contributed by atoms with van der Waals surface area (Å²) in [5.41, 5.74) is 0.844. The number of aliphatic hydroxyl groups excluding tert-OH is 2. The molecule has 6 N–H and O–H groups in total. The van der Waals surface area contributed by atoms with Gasteiger partial charge in [-0.2, -0.15) is 0 Å². The van der Waals surface area contributed by atoms with Gasteiger partial charge in [0.2, 0.25) is 0 Å². The molecule has 0 fully saturated rings. The molecule has 2 rings (SSSR count).